The Labute approximate surface area is 188 Å². The van der Waals surface area contributed by atoms with Crippen molar-refractivity contribution < 1.29 is 9.59 Å². The second kappa shape index (κ2) is 8.25. The molecule has 3 heterocycles. The summed E-state index contributed by atoms with van der Waals surface area (Å²) in [5.41, 5.74) is 4.72. The van der Waals surface area contributed by atoms with Crippen LogP contribution in [0.15, 0.2) is 60.7 Å². The monoisotopic (exact) mass is 443 g/mol. The molecule has 154 valence electrons. The summed E-state index contributed by atoms with van der Waals surface area (Å²) in [5.74, 6) is 0. The minimum absolute atomic E-state index is 0.747. The number of fused-ring (bicyclic) bond motifs is 3. The number of unbranched alkanes of at least 4 members (excludes halogenated alkanes) is 1. The van der Waals surface area contributed by atoms with Crippen molar-refractivity contribution in [3.63, 3.8) is 0 Å². The highest BCUT2D eigenvalue weighted by atomic mass is 32.1. The van der Waals surface area contributed by atoms with Crippen LogP contribution in [0.2, 0.25) is 0 Å². The molecular formula is C26H21NO2S2. The zero-order chi connectivity index (χ0) is 21.4. The Balaban J connectivity index is 1.70. The number of benzene rings is 2. The molecule has 5 rings (SSSR count). The van der Waals surface area contributed by atoms with Crippen LogP contribution in [0.3, 0.4) is 0 Å². The maximum Gasteiger partial charge on any atom is 0.160 e. The van der Waals surface area contributed by atoms with Gasteiger partial charge >= 0.3 is 0 Å². The minimum atomic E-state index is 0.747. The summed E-state index contributed by atoms with van der Waals surface area (Å²) in [4.78, 5) is 25.9. The Morgan fingerprint density at radius 2 is 1.26 bits per heavy atom. The van der Waals surface area contributed by atoms with Crippen LogP contribution in [0.4, 0.5) is 0 Å². The molecule has 3 nitrogen and oxygen atoms in total. The van der Waals surface area contributed by atoms with Crippen LogP contribution < -0.4 is 0 Å². The van der Waals surface area contributed by atoms with Crippen molar-refractivity contribution in [2.75, 3.05) is 0 Å². The van der Waals surface area contributed by atoms with Crippen LogP contribution >= 0.6 is 22.7 Å². The average Bonchev–Trinajstić information content (AvgIpc) is 3.54. The fourth-order valence-corrected chi connectivity index (χ4v) is 5.74. The van der Waals surface area contributed by atoms with Crippen LogP contribution in [0.25, 0.3) is 42.7 Å². The van der Waals surface area contributed by atoms with E-state index in [1.54, 1.807) is 0 Å². The fourth-order valence-electron chi connectivity index (χ4n) is 4.10. The van der Waals surface area contributed by atoms with Gasteiger partial charge in [0.15, 0.2) is 12.6 Å². The number of aldehydes is 2. The number of hydrogen-bond donors (Lipinski definition) is 0. The van der Waals surface area contributed by atoms with Gasteiger partial charge in [-0.25, -0.2) is 0 Å². The van der Waals surface area contributed by atoms with Gasteiger partial charge in [0.2, 0.25) is 0 Å². The maximum atomic E-state index is 11.1. The minimum Gasteiger partial charge on any atom is -0.340 e. The van der Waals surface area contributed by atoms with Gasteiger partial charge in [-0.15, -0.1) is 22.7 Å². The highest BCUT2D eigenvalue weighted by Crippen LogP contribution is 2.37. The van der Waals surface area contributed by atoms with Crippen molar-refractivity contribution in [2.45, 2.75) is 26.3 Å². The van der Waals surface area contributed by atoms with Gasteiger partial charge in [-0.1, -0.05) is 37.6 Å². The summed E-state index contributed by atoms with van der Waals surface area (Å²) >= 11 is 3.05. The molecule has 0 aliphatic carbocycles. The van der Waals surface area contributed by atoms with E-state index >= 15 is 0 Å². The molecule has 0 bridgehead atoms. The largest absolute Gasteiger partial charge is 0.340 e. The van der Waals surface area contributed by atoms with Gasteiger partial charge in [-0.2, -0.15) is 0 Å². The van der Waals surface area contributed by atoms with E-state index in [1.807, 2.05) is 24.3 Å². The third-order valence-electron chi connectivity index (χ3n) is 5.66. The summed E-state index contributed by atoms with van der Waals surface area (Å²) < 4.78 is 2.42. The van der Waals surface area contributed by atoms with E-state index in [9.17, 15) is 9.59 Å². The van der Waals surface area contributed by atoms with E-state index in [0.29, 0.717) is 0 Å². The second-order valence-corrected chi connectivity index (χ2v) is 9.84. The standard InChI is InChI=1S/C26H21NO2S2/c1-2-3-12-27-23-13-17(25-10-6-19(15-28)30-25)4-8-21(23)22-9-5-18(14-24(22)27)26-11-7-20(16-29)31-26/h4-11,13-16H,2-3,12H2,1H3. The molecule has 0 spiro atoms. The van der Waals surface area contributed by atoms with Crippen molar-refractivity contribution >= 4 is 57.1 Å². The molecule has 0 N–H and O–H groups in total. The third-order valence-corrected chi connectivity index (χ3v) is 7.78. The third kappa shape index (κ3) is 3.54. The molecular weight excluding hydrogens is 422 g/mol. The number of aromatic nitrogens is 1. The Morgan fingerprint density at radius 3 is 1.68 bits per heavy atom. The highest BCUT2D eigenvalue weighted by Gasteiger charge is 2.14. The number of carbonyl (C=O) groups excluding carboxylic acids is 2. The summed E-state index contributed by atoms with van der Waals surface area (Å²) in [6.07, 6.45) is 4.05. The SMILES string of the molecule is CCCCn1c2cc(-c3ccc(C=O)s3)ccc2c2ccc(-c3ccc(C=O)s3)cc21. The summed E-state index contributed by atoms with van der Waals surface area (Å²) in [6.45, 7) is 3.17. The van der Waals surface area contributed by atoms with Crippen molar-refractivity contribution in [3.05, 3.63) is 70.4 Å². The Bertz CT molecular complexity index is 1320. The zero-order valence-electron chi connectivity index (χ0n) is 17.1. The topological polar surface area (TPSA) is 39.1 Å². The summed E-state index contributed by atoms with van der Waals surface area (Å²) in [6, 6.07) is 21.0. The van der Waals surface area contributed by atoms with Crippen LogP contribution in [0, 0.1) is 0 Å². The number of nitrogens with zero attached hydrogens (tertiary/aromatic N) is 1. The molecule has 0 aliphatic rings. The average molecular weight is 444 g/mol. The molecule has 3 aromatic heterocycles. The molecule has 5 aromatic rings. The molecule has 0 atom stereocenters. The van der Waals surface area contributed by atoms with Gasteiger partial charge in [0, 0.05) is 38.1 Å². The molecule has 0 amide bonds. The zero-order valence-corrected chi connectivity index (χ0v) is 18.8. The fraction of sp³-hybridized carbons (Fsp3) is 0.154. The lowest BCUT2D eigenvalue weighted by Gasteiger charge is -2.08. The van der Waals surface area contributed by atoms with Gasteiger partial charge in [0.05, 0.1) is 9.75 Å². The Kier molecular flexibility index (Phi) is 5.30. The van der Waals surface area contributed by atoms with Crippen LogP contribution in [-0.4, -0.2) is 17.1 Å². The molecule has 0 aliphatic heterocycles. The molecule has 0 radical (unpaired) electrons. The predicted molar refractivity (Wildman–Crippen MR) is 132 cm³/mol. The number of thiophene rings is 2. The highest BCUT2D eigenvalue weighted by molar-refractivity contribution is 7.17. The van der Waals surface area contributed by atoms with Crippen molar-refractivity contribution in [3.8, 4) is 20.9 Å². The quantitative estimate of drug-likeness (QED) is 0.242. The van der Waals surface area contributed by atoms with Crippen LogP contribution in [0.1, 0.15) is 39.1 Å². The van der Waals surface area contributed by atoms with Crippen molar-refractivity contribution in [2.24, 2.45) is 0 Å². The number of rotatable bonds is 7. The maximum absolute atomic E-state index is 11.1. The van der Waals surface area contributed by atoms with Crippen molar-refractivity contribution in [1.29, 1.82) is 0 Å². The lowest BCUT2D eigenvalue weighted by atomic mass is 10.1. The van der Waals surface area contributed by atoms with E-state index in [4.69, 9.17) is 0 Å². The normalized spacial score (nSPS) is 11.4. The van der Waals surface area contributed by atoms with E-state index in [2.05, 4.69) is 47.9 Å². The van der Waals surface area contributed by atoms with Gasteiger partial charge in [-0.3, -0.25) is 9.59 Å². The van der Waals surface area contributed by atoms with Gasteiger partial charge < -0.3 is 4.57 Å². The molecule has 5 heteroatoms. The Morgan fingerprint density at radius 1 is 0.742 bits per heavy atom. The van der Waals surface area contributed by atoms with Gasteiger partial charge in [0.25, 0.3) is 0 Å². The first-order valence-corrected chi connectivity index (χ1v) is 12.0. The lowest BCUT2D eigenvalue weighted by molar-refractivity contribution is 0.111. The van der Waals surface area contributed by atoms with Crippen LogP contribution in [-0.2, 0) is 6.54 Å². The predicted octanol–water partition coefficient (Wildman–Crippen LogP) is 7.68. The summed E-state index contributed by atoms with van der Waals surface area (Å²) in [7, 11) is 0. The molecule has 2 aromatic carbocycles. The molecule has 0 saturated carbocycles. The van der Waals surface area contributed by atoms with E-state index in [1.165, 1.54) is 44.5 Å². The lowest BCUT2D eigenvalue weighted by Crippen LogP contribution is -1.97. The first-order chi connectivity index (χ1) is 15.2. The van der Waals surface area contributed by atoms with Crippen molar-refractivity contribution in [1.82, 2.24) is 4.57 Å². The van der Waals surface area contributed by atoms with E-state index in [-0.39, 0.29) is 0 Å². The van der Waals surface area contributed by atoms with E-state index < -0.39 is 0 Å². The molecule has 0 fully saturated rings. The molecule has 0 unspecified atom stereocenters. The number of aryl methyl sites for hydroxylation is 1. The second-order valence-electron chi connectivity index (χ2n) is 7.61. The smallest absolute Gasteiger partial charge is 0.160 e. The van der Waals surface area contributed by atoms with E-state index in [0.717, 1.165) is 62.6 Å². The summed E-state index contributed by atoms with van der Waals surface area (Å²) in [5, 5.41) is 2.49. The first-order valence-electron chi connectivity index (χ1n) is 10.4. The van der Waals surface area contributed by atoms with Crippen LogP contribution in [0.5, 0.6) is 0 Å². The number of hydrogen-bond acceptors (Lipinski definition) is 4. The van der Waals surface area contributed by atoms with Gasteiger partial charge in [0.1, 0.15) is 0 Å². The Hall–Kier alpha value is -3.02. The molecule has 0 saturated heterocycles. The molecule has 31 heavy (non-hydrogen) atoms. The number of carbonyl (C=O) groups is 2. The van der Waals surface area contributed by atoms with Gasteiger partial charge in [-0.05, 0) is 53.9 Å². The first kappa shape index (κ1) is 19.9.